The third kappa shape index (κ3) is 3.49. The van der Waals surface area contributed by atoms with Gasteiger partial charge in [-0.25, -0.2) is 8.42 Å². The third-order valence-electron chi connectivity index (χ3n) is 4.81. The minimum atomic E-state index is -3.39. The highest BCUT2D eigenvalue weighted by molar-refractivity contribution is 7.91. The van der Waals surface area contributed by atoms with E-state index in [1.807, 2.05) is 0 Å². The number of ether oxygens (including phenoxy) is 2. The predicted molar refractivity (Wildman–Crippen MR) is 89.9 cm³/mol. The van der Waals surface area contributed by atoms with E-state index in [1.54, 1.807) is 24.6 Å². The Morgan fingerprint density at radius 1 is 1.22 bits per heavy atom. The number of hydrogen-bond donors (Lipinski definition) is 0. The zero-order valence-corrected chi connectivity index (χ0v) is 15.6. The van der Waals surface area contributed by atoms with E-state index in [4.69, 9.17) is 9.47 Å². The predicted octanol–water partition coefficient (Wildman–Crippen LogP) is 3.08. The van der Waals surface area contributed by atoms with Crippen LogP contribution < -0.4 is 0 Å². The van der Waals surface area contributed by atoms with Crippen molar-refractivity contribution in [2.75, 3.05) is 20.3 Å². The fourth-order valence-electron chi connectivity index (χ4n) is 3.18. The van der Waals surface area contributed by atoms with Crippen LogP contribution in [0.4, 0.5) is 0 Å². The van der Waals surface area contributed by atoms with Crippen molar-refractivity contribution in [3.8, 4) is 0 Å². The molecule has 0 bridgehead atoms. The van der Waals surface area contributed by atoms with Crippen LogP contribution in [0.3, 0.4) is 0 Å². The van der Waals surface area contributed by atoms with Crippen molar-refractivity contribution in [3.05, 3.63) is 17.5 Å². The van der Waals surface area contributed by atoms with Gasteiger partial charge in [-0.15, -0.1) is 11.3 Å². The second-order valence-corrected chi connectivity index (χ2v) is 10.5. The third-order valence-corrected chi connectivity index (χ3v) is 8.09. The van der Waals surface area contributed by atoms with E-state index in [-0.39, 0.29) is 11.5 Å². The van der Waals surface area contributed by atoms with E-state index in [9.17, 15) is 8.42 Å². The Kier molecular flexibility index (Phi) is 4.61. The van der Waals surface area contributed by atoms with Gasteiger partial charge in [0.2, 0.25) is 0 Å². The van der Waals surface area contributed by atoms with E-state index < -0.39 is 15.8 Å². The van der Waals surface area contributed by atoms with E-state index in [0.717, 1.165) is 25.7 Å². The SMILES string of the molecule is CN(C1CCC2(CC1)OCC(C)(C)CO2)S(=O)(=O)c1cccs1. The number of rotatable bonds is 3. The second-order valence-electron chi connectivity index (χ2n) is 7.34. The molecular formula is C16H25NO4S2. The summed E-state index contributed by atoms with van der Waals surface area (Å²) in [5.74, 6) is -0.500. The molecule has 1 spiro atoms. The highest BCUT2D eigenvalue weighted by Gasteiger charge is 2.45. The summed E-state index contributed by atoms with van der Waals surface area (Å²) in [4.78, 5) is 0. The highest BCUT2D eigenvalue weighted by atomic mass is 32.2. The standard InChI is InChI=1S/C16H25NO4S2/c1-15(2)11-20-16(21-12-15)8-6-13(7-9-16)17(3)23(18,19)14-5-4-10-22-14/h4-5,10,13H,6-9,11-12H2,1-3H3. The Balaban J connectivity index is 1.63. The monoisotopic (exact) mass is 359 g/mol. The summed E-state index contributed by atoms with van der Waals surface area (Å²) in [6, 6.07) is 3.44. The van der Waals surface area contributed by atoms with E-state index >= 15 is 0 Å². The molecule has 0 amide bonds. The van der Waals surface area contributed by atoms with E-state index in [1.165, 1.54) is 15.6 Å². The van der Waals surface area contributed by atoms with Crippen molar-refractivity contribution in [1.82, 2.24) is 4.31 Å². The van der Waals surface area contributed by atoms with Crippen LogP contribution in [0.5, 0.6) is 0 Å². The molecule has 1 aliphatic heterocycles. The van der Waals surface area contributed by atoms with Gasteiger partial charge in [0.15, 0.2) is 5.79 Å². The fourth-order valence-corrected chi connectivity index (χ4v) is 5.77. The average molecular weight is 360 g/mol. The lowest BCUT2D eigenvalue weighted by Gasteiger charge is -2.47. The van der Waals surface area contributed by atoms with Gasteiger partial charge in [0.1, 0.15) is 4.21 Å². The zero-order chi connectivity index (χ0) is 16.7. The maximum absolute atomic E-state index is 12.6. The van der Waals surface area contributed by atoms with Crippen molar-refractivity contribution >= 4 is 21.4 Å². The van der Waals surface area contributed by atoms with Crippen LogP contribution in [0.15, 0.2) is 21.7 Å². The first kappa shape index (κ1) is 17.4. The molecule has 1 saturated carbocycles. The fraction of sp³-hybridized carbons (Fsp3) is 0.750. The van der Waals surface area contributed by atoms with Crippen molar-refractivity contribution in [2.45, 2.75) is 55.6 Å². The number of hydrogen-bond acceptors (Lipinski definition) is 5. The topological polar surface area (TPSA) is 55.8 Å². The summed E-state index contributed by atoms with van der Waals surface area (Å²) >= 11 is 1.26. The number of nitrogens with zero attached hydrogens (tertiary/aromatic N) is 1. The molecule has 1 aromatic heterocycles. The van der Waals surface area contributed by atoms with E-state index in [0.29, 0.717) is 17.4 Å². The van der Waals surface area contributed by atoms with Crippen LogP contribution in [0.25, 0.3) is 0 Å². The molecule has 0 unspecified atom stereocenters. The van der Waals surface area contributed by atoms with Gasteiger partial charge >= 0.3 is 0 Å². The molecule has 130 valence electrons. The summed E-state index contributed by atoms with van der Waals surface area (Å²) in [6.45, 7) is 5.65. The molecule has 2 heterocycles. The second kappa shape index (κ2) is 6.11. The van der Waals surface area contributed by atoms with E-state index in [2.05, 4.69) is 13.8 Å². The molecule has 0 atom stereocenters. The summed E-state index contributed by atoms with van der Waals surface area (Å²) in [7, 11) is -1.70. The summed E-state index contributed by atoms with van der Waals surface area (Å²) in [6.07, 6.45) is 3.03. The largest absolute Gasteiger partial charge is 0.349 e. The molecule has 0 N–H and O–H groups in total. The first-order valence-electron chi connectivity index (χ1n) is 8.04. The van der Waals surface area contributed by atoms with Gasteiger partial charge in [0, 0.05) is 31.3 Å². The summed E-state index contributed by atoms with van der Waals surface area (Å²) in [5, 5.41) is 1.79. The maximum atomic E-state index is 12.6. The van der Waals surface area contributed by atoms with Gasteiger partial charge in [0.25, 0.3) is 10.0 Å². The van der Waals surface area contributed by atoms with Gasteiger partial charge in [0.05, 0.1) is 13.2 Å². The molecular weight excluding hydrogens is 334 g/mol. The maximum Gasteiger partial charge on any atom is 0.252 e. The van der Waals surface area contributed by atoms with Crippen LogP contribution in [-0.4, -0.2) is 44.8 Å². The van der Waals surface area contributed by atoms with Crippen molar-refractivity contribution in [3.63, 3.8) is 0 Å². The van der Waals surface area contributed by atoms with Crippen LogP contribution >= 0.6 is 11.3 Å². The summed E-state index contributed by atoms with van der Waals surface area (Å²) < 4.78 is 39.2. The molecule has 0 aromatic carbocycles. The highest BCUT2D eigenvalue weighted by Crippen LogP contribution is 2.41. The van der Waals surface area contributed by atoms with Crippen LogP contribution in [-0.2, 0) is 19.5 Å². The molecule has 7 heteroatoms. The van der Waals surface area contributed by atoms with Crippen molar-refractivity contribution < 1.29 is 17.9 Å². The Morgan fingerprint density at radius 2 is 1.83 bits per heavy atom. The van der Waals surface area contributed by atoms with Gasteiger partial charge in [-0.05, 0) is 24.3 Å². The first-order valence-corrected chi connectivity index (χ1v) is 10.4. The zero-order valence-electron chi connectivity index (χ0n) is 13.9. The molecule has 0 radical (unpaired) electrons. The van der Waals surface area contributed by atoms with Gasteiger partial charge < -0.3 is 9.47 Å². The smallest absolute Gasteiger partial charge is 0.252 e. The molecule has 2 aliphatic rings. The number of thiophene rings is 1. The molecule has 1 aromatic rings. The Hall–Kier alpha value is -0.470. The minimum absolute atomic E-state index is 0.00913. The van der Waals surface area contributed by atoms with Crippen LogP contribution in [0.1, 0.15) is 39.5 Å². The lowest BCUT2D eigenvalue weighted by atomic mass is 9.87. The minimum Gasteiger partial charge on any atom is -0.349 e. The molecule has 1 aliphatic carbocycles. The number of sulfonamides is 1. The lowest BCUT2D eigenvalue weighted by molar-refractivity contribution is -0.311. The van der Waals surface area contributed by atoms with Crippen LogP contribution in [0.2, 0.25) is 0 Å². The van der Waals surface area contributed by atoms with Gasteiger partial charge in [-0.1, -0.05) is 19.9 Å². The van der Waals surface area contributed by atoms with Crippen molar-refractivity contribution in [2.24, 2.45) is 5.41 Å². The quantitative estimate of drug-likeness (QED) is 0.832. The molecule has 5 nitrogen and oxygen atoms in total. The summed E-state index contributed by atoms with van der Waals surface area (Å²) in [5.41, 5.74) is 0.0569. The molecule has 1 saturated heterocycles. The molecule has 3 rings (SSSR count). The normalized spacial score (nSPS) is 25.0. The first-order chi connectivity index (χ1) is 10.7. The van der Waals surface area contributed by atoms with Gasteiger partial charge in [-0.2, -0.15) is 4.31 Å². The lowest BCUT2D eigenvalue weighted by Crippen LogP contribution is -2.52. The Labute approximate surface area is 142 Å². The van der Waals surface area contributed by atoms with Gasteiger partial charge in [-0.3, -0.25) is 0 Å². The Bertz CT molecular complexity index is 619. The molecule has 23 heavy (non-hydrogen) atoms. The van der Waals surface area contributed by atoms with Crippen molar-refractivity contribution in [1.29, 1.82) is 0 Å². The Morgan fingerprint density at radius 3 is 2.35 bits per heavy atom. The van der Waals surface area contributed by atoms with Crippen LogP contribution in [0, 0.1) is 5.41 Å². The average Bonchev–Trinajstić information content (AvgIpc) is 3.06. The molecule has 2 fully saturated rings.